The van der Waals surface area contributed by atoms with E-state index in [1.54, 1.807) is 78.3 Å². The number of amides is 7. The van der Waals surface area contributed by atoms with Crippen molar-refractivity contribution in [1.29, 1.82) is 0 Å². The van der Waals surface area contributed by atoms with Gasteiger partial charge in [0.15, 0.2) is 0 Å². The summed E-state index contributed by atoms with van der Waals surface area (Å²) in [6, 6.07) is 7.31. The number of alkyl carbamates (subject to hydrolysis) is 1. The number of nitrogens with one attached hydrogen (secondary N) is 7. The zero-order valence-corrected chi connectivity index (χ0v) is 50.9. The van der Waals surface area contributed by atoms with Crippen LogP contribution in [-0.2, 0) is 68.0 Å². The van der Waals surface area contributed by atoms with E-state index < -0.39 is 124 Å². The first-order valence-electron chi connectivity index (χ1n) is 25.3. The molecule has 81 heavy (non-hydrogen) atoms. The first kappa shape index (κ1) is 68.6. The third-order valence-corrected chi connectivity index (χ3v) is 13.3. The van der Waals surface area contributed by atoms with E-state index in [9.17, 15) is 57.0 Å². The number of ether oxygens (including phenoxy) is 1. The molecule has 7 amide bonds. The third kappa shape index (κ3) is 22.6. The second-order valence-electron chi connectivity index (χ2n) is 21.2. The number of fused-ring (bicyclic) bond motifs is 1. The van der Waals surface area contributed by atoms with Gasteiger partial charge in [-0.1, -0.05) is 68.8 Å². The molecule has 6 atom stereocenters. The Morgan fingerprint density at radius 2 is 1.36 bits per heavy atom. The van der Waals surface area contributed by atoms with Crippen molar-refractivity contribution in [2.75, 3.05) is 18.6 Å². The largest absolute Gasteiger partial charge is 1.00 e. The maximum absolute atomic E-state index is 14.5. The van der Waals surface area contributed by atoms with Crippen LogP contribution in [0.4, 0.5) is 4.79 Å². The summed E-state index contributed by atoms with van der Waals surface area (Å²) in [5, 5.41) is 39.5. The molecule has 0 saturated heterocycles. The standard InChI is InChI=1S/C54H73N9O15S2.Na/c1-29-21-30(2)36(31(3)22-29)25-39(46(55)67)60-49(70)42(26-44(65)66)61-51(72)45(53(4,5)6)63-50(71)41(24-33-27-56-37-14-12-11-13-35(33)37)58-43(64)28-57-47(68)38(19-20-79-10)59-48(69)40(62-52(73)77-54(7,8)9)23-32-15-17-34(18-16-32)78-80(74,75)76;/h11-18,21-22,27,38-42,45,56H,19-20,23-26,28H2,1-10H3,(H2,55,67)(H,57,68)(H,58,64)(H,59,69)(H,60,70)(H,61,72)(H,62,73)(H,63,71)(H,65,66)(H,74,75,76);/q;+1/p-1/t38-,39-,40-,41-,42-,45+;/m0./s1. The van der Waals surface area contributed by atoms with Gasteiger partial charge in [0, 0.05) is 42.9 Å². The number of H-pyrrole nitrogens is 1. The zero-order chi connectivity index (χ0) is 59.9. The molecule has 24 nitrogen and oxygen atoms in total. The number of primary amides is 1. The van der Waals surface area contributed by atoms with Crippen molar-refractivity contribution in [3.63, 3.8) is 0 Å². The average molecular weight is 1170 g/mol. The van der Waals surface area contributed by atoms with Gasteiger partial charge in [-0.05, 0) is 117 Å². The fraction of sp³-hybridized carbons (Fsp3) is 0.463. The van der Waals surface area contributed by atoms with Gasteiger partial charge in [-0.3, -0.25) is 43.1 Å². The van der Waals surface area contributed by atoms with Gasteiger partial charge in [-0.25, -0.2) is 4.79 Å². The molecule has 3 aromatic carbocycles. The summed E-state index contributed by atoms with van der Waals surface area (Å²) in [7, 11) is -4.83. The molecular formula is C54H72N9NaO15S2. The van der Waals surface area contributed by atoms with E-state index in [2.05, 4.69) is 46.1 Å². The number of para-hydroxylation sites is 1. The molecule has 11 N–H and O–H groups in total. The molecule has 0 aliphatic rings. The minimum Gasteiger partial charge on any atom is -0.861 e. The average Bonchev–Trinajstić information content (AvgIpc) is 3.75. The molecule has 436 valence electrons. The van der Waals surface area contributed by atoms with Crippen LogP contribution in [0.3, 0.4) is 0 Å². The van der Waals surface area contributed by atoms with Crippen LogP contribution in [0.2, 0.25) is 0 Å². The molecule has 0 bridgehead atoms. The monoisotopic (exact) mass is 1170 g/mol. The van der Waals surface area contributed by atoms with Gasteiger partial charge in [0.25, 0.3) is 0 Å². The Labute approximate surface area is 497 Å². The first-order chi connectivity index (χ1) is 37.2. The Bertz CT molecular complexity index is 3030. The molecule has 0 saturated carbocycles. The summed E-state index contributed by atoms with van der Waals surface area (Å²) < 4.78 is 41.3. The van der Waals surface area contributed by atoms with E-state index >= 15 is 0 Å². The van der Waals surface area contributed by atoms with Crippen molar-refractivity contribution in [1.82, 2.24) is 36.9 Å². The van der Waals surface area contributed by atoms with Crippen LogP contribution in [-0.4, -0.2) is 137 Å². The number of benzene rings is 3. The molecule has 0 aliphatic heterocycles. The van der Waals surface area contributed by atoms with E-state index in [1.165, 1.54) is 36.0 Å². The summed E-state index contributed by atoms with van der Waals surface area (Å²) in [6.07, 6.45) is 1.10. The van der Waals surface area contributed by atoms with Gasteiger partial charge in [0.2, 0.25) is 35.4 Å². The van der Waals surface area contributed by atoms with E-state index in [4.69, 9.17) is 15.0 Å². The van der Waals surface area contributed by atoms with E-state index in [-0.39, 0.29) is 61.0 Å². The summed E-state index contributed by atoms with van der Waals surface area (Å²) in [5.74, 6) is -7.88. The Kier molecular flexibility index (Phi) is 25.7. The molecule has 0 unspecified atom stereocenters. The maximum atomic E-state index is 14.5. The van der Waals surface area contributed by atoms with Gasteiger partial charge in [-0.2, -0.15) is 20.2 Å². The van der Waals surface area contributed by atoms with Gasteiger partial charge in [-0.15, -0.1) is 0 Å². The number of rotatable bonds is 27. The van der Waals surface area contributed by atoms with Gasteiger partial charge < -0.3 is 61.8 Å². The van der Waals surface area contributed by atoms with Gasteiger partial charge in [0.1, 0.15) is 47.6 Å². The van der Waals surface area contributed by atoms with Crippen LogP contribution in [0.15, 0.2) is 71.9 Å². The van der Waals surface area contributed by atoms with E-state index in [0.717, 1.165) is 22.3 Å². The second-order valence-corrected chi connectivity index (χ2v) is 23.2. The van der Waals surface area contributed by atoms with Crippen LogP contribution < -0.4 is 76.5 Å². The quantitative estimate of drug-likeness (QED) is 0.0150. The summed E-state index contributed by atoms with van der Waals surface area (Å²) in [6.45, 7) is 14.4. The number of thioether (sulfide) groups is 1. The van der Waals surface area contributed by atoms with Gasteiger partial charge >= 0.3 is 52.0 Å². The Balaban J connectivity index is 0.0000172. The fourth-order valence-electron chi connectivity index (χ4n) is 8.47. The van der Waals surface area contributed by atoms with E-state index in [1.807, 2.05) is 32.9 Å². The number of nitrogens with zero attached hydrogens (tertiary/aromatic N) is 1. The Morgan fingerprint density at radius 1 is 0.765 bits per heavy atom. The number of aryl methyl sites for hydroxylation is 3. The molecule has 0 aliphatic carbocycles. The molecule has 0 fully saturated rings. The number of nitrogens with two attached hydrogens (primary N) is 1. The fourth-order valence-corrected chi connectivity index (χ4v) is 9.30. The van der Waals surface area contributed by atoms with Crippen molar-refractivity contribution in [2.45, 2.75) is 136 Å². The van der Waals surface area contributed by atoms with Crippen LogP contribution >= 0.6 is 11.8 Å². The van der Waals surface area contributed by atoms with Crippen molar-refractivity contribution >= 4 is 86.5 Å². The minimum absolute atomic E-state index is 0. The Morgan fingerprint density at radius 3 is 1.93 bits per heavy atom. The molecular weight excluding hydrogens is 1100 g/mol. The number of carboxylic acids is 1. The first-order valence-corrected chi connectivity index (χ1v) is 28.1. The van der Waals surface area contributed by atoms with Crippen LogP contribution in [0.5, 0.6) is 5.75 Å². The SMILES string of the molecule is CSCC[C@H](NC(=O)[C@H](Cc1ccc(OS(=O)(=O)O)cc1)NC(=O)OC(C)(C)C)C(=O)NCC([O-])=N[C@@H](Cc1c[nH]c2ccccc12)C(=O)N[C@H](C(=O)N[C@@H](CC(=O)O)C(=O)N[C@@H](Cc1c(C)cc(C)cc1C)C(N)=O)C(C)(C)C.[Na+]. The van der Waals surface area contributed by atoms with Crippen molar-refractivity contribution < 1.29 is 100 Å². The molecule has 0 radical (unpaired) electrons. The zero-order valence-electron chi connectivity index (χ0n) is 47.3. The number of aromatic nitrogens is 1. The second kappa shape index (κ2) is 30.4. The topological polar surface area (TPSA) is 379 Å². The van der Waals surface area contributed by atoms with Crippen LogP contribution in [0, 0.1) is 26.2 Å². The maximum Gasteiger partial charge on any atom is 1.00 e. The molecule has 1 aromatic heterocycles. The Hall–Kier alpha value is -6.71. The number of aromatic amines is 1. The third-order valence-electron chi connectivity index (χ3n) is 12.3. The van der Waals surface area contributed by atoms with E-state index in [0.29, 0.717) is 27.8 Å². The number of aliphatic imine (C=N–C) groups is 1. The number of carbonyl (C=O) groups excluding carboxylic acids is 7. The number of aliphatic carboxylic acids is 1. The number of carbonyl (C=O) groups is 8. The van der Waals surface area contributed by atoms with Crippen LogP contribution in [0.25, 0.3) is 10.9 Å². The van der Waals surface area contributed by atoms with Crippen molar-refractivity contribution in [3.05, 3.63) is 100 Å². The molecule has 0 spiro atoms. The summed E-state index contributed by atoms with van der Waals surface area (Å²) in [4.78, 5) is 115. The molecule has 4 aromatic rings. The number of carboxylic acid groups (broad SMARTS) is 1. The van der Waals surface area contributed by atoms with Gasteiger partial charge in [0.05, 0.1) is 6.42 Å². The molecule has 27 heteroatoms. The summed E-state index contributed by atoms with van der Waals surface area (Å²) >= 11 is 1.35. The van der Waals surface area contributed by atoms with Crippen LogP contribution in [0.1, 0.15) is 87.8 Å². The predicted molar refractivity (Wildman–Crippen MR) is 298 cm³/mol. The smallest absolute Gasteiger partial charge is 0.861 e. The number of hydrogen-bond donors (Lipinski definition) is 10. The van der Waals surface area contributed by atoms with Crippen molar-refractivity contribution in [3.8, 4) is 5.75 Å². The summed E-state index contributed by atoms with van der Waals surface area (Å²) in [5.41, 5.74) is 8.63. The molecule has 1 heterocycles. The molecule has 4 rings (SSSR count). The normalized spacial score (nSPS) is 14.1. The number of hydrogen-bond acceptors (Lipinski definition) is 15. The van der Waals surface area contributed by atoms with Crippen molar-refractivity contribution in [2.24, 2.45) is 16.1 Å². The minimum atomic E-state index is -4.83. The predicted octanol–water partition coefficient (Wildman–Crippen LogP) is -0.858.